The molecule has 0 bridgehead atoms. The van der Waals surface area contributed by atoms with E-state index in [4.69, 9.17) is 9.47 Å². The number of allylic oxidation sites excluding steroid dienone is 2. The van der Waals surface area contributed by atoms with Crippen LogP contribution in [0.5, 0.6) is 0 Å². The maximum Gasteiger partial charge on any atom is 0.336 e. The zero-order valence-electron chi connectivity index (χ0n) is 20.4. The number of rotatable bonds is 9. The van der Waals surface area contributed by atoms with Crippen LogP contribution in [-0.2, 0) is 19.1 Å². The number of nitrogens with zero attached hydrogens (tertiary/aromatic N) is 2. The lowest BCUT2D eigenvalue weighted by atomic mass is 9.80. The molecule has 3 rings (SSSR count). The standard InChI is InChI=1S/C26H25N3O8/c1-16-22(25(30)36-3)24(19-8-6-9-21(15-19)29(34)35)23(17(2)27-16)26(31)37-14-5-4-7-18-10-12-20(13-11-18)28(32)33/h4,6-13,15,24,27H,5,14H2,1-3H3/b7-4+. The van der Waals surface area contributed by atoms with Crippen LogP contribution in [0.3, 0.4) is 0 Å². The van der Waals surface area contributed by atoms with Gasteiger partial charge in [-0.25, -0.2) is 9.59 Å². The highest BCUT2D eigenvalue weighted by molar-refractivity contribution is 5.99. The van der Waals surface area contributed by atoms with Crippen molar-refractivity contribution in [2.45, 2.75) is 26.2 Å². The van der Waals surface area contributed by atoms with E-state index in [2.05, 4.69) is 5.32 Å². The number of dihydropyridines is 1. The Bertz CT molecular complexity index is 1330. The number of benzene rings is 2. The molecular formula is C26H25N3O8. The minimum atomic E-state index is -0.934. The van der Waals surface area contributed by atoms with Gasteiger partial charge in [0.05, 0.1) is 40.6 Å². The van der Waals surface area contributed by atoms with Crippen LogP contribution in [0.25, 0.3) is 6.08 Å². The molecule has 0 saturated heterocycles. The number of nitrogens with one attached hydrogen (secondary N) is 1. The van der Waals surface area contributed by atoms with E-state index in [0.717, 1.165) is 5.56 Å². The molecule has 2 aromatic rings. The summed E-state index contributed by atoms with van der Waals surface area (Å²) >= 11 is 0. The van der Waals surface area contributed by atoms with E-state index < -0.39 is 27.7 Å². The maximum absolute atomic E-state index is 13.2. The molecule has 0 aliphatic carbocycles. The highest BCUT2D eigenvalue weighted by Gasteiger charge is 2.38. The average Bonchev–Trinajstić information content (AvgIpc) is 2.87. The van der Waals surface area contributed by atoms with Crippen LogP contribution < -0.4 is 5.32 Å². The second kappa shape index (κ2) is 11.8. The van der Waals surface area contributed by atoms with Crippen molar-refractivity contribution in [3.8, 4) is 0 Å². The van der Waals surface area contributed by atoms with Crippen LogP contribution in [-0.4, -0.2) is 35.5 Å². The number of carbonyl (C=O) groups excluding carboxylic acids is 2. The first-order valence-corrected chi connectivity index (χ1v) is 11.2. The molecule has 1 aliphatic rings. The van der Waals surface area contributed by atoms with Gasteiger partial charge in [0.25, 0.3) is 11.4 Å². The van der Waals surface area contributed by atoms with Crippen LogP contribution in [0.4, 0.5) is 11.4 Å². The van der Waals surface area contributed by atoms with Crippen molar-refractivity contribution in [1.29, 1.82) is 0 Å². The summed E-state index contributed by atoms with van der Waals surface area (Å²) < 4.78 is 10.4. The molecule has 2 aromatic carbocycles. The summed E-state index contributed by atoms with van der Waals surface area (Å²) in [6, 6.07) is 11.7. The first kappa shape index (κ1) is 26.8. The highest BCUT2D eigenvalue weighted by atomic mass is 16.6. The molecule has 0 fully saturated rings. The van der Waals surface area contributed by atoms with Crippen LogP contribution in [0, 0.1) is 20.2 Å². The van der Waals surface area contributed by atoms with E-state index in [9.17, 15) is 29.8 Å². The summed E-state index contributed by atoms with van der Waals surface area (Å²) in [5, 5.41) is 25.1. The number of carbonyl (C=O) groups is 2. The molecule has 192 valence electrons. The van der Waals surface area contributed by atoms with Gasteiger partial charge in [-0.2, -0.15) is 0 Å². The topological polar surface area (TPSA) is 151 Å². The van der Waals surface area contributed by atoms with Crippen LogP contribution >= 0.6 is 0 Å². The molecule has 0 amide bonds. The minimum Gasteiger partial charge on any atom is -0.466 e. The van der Waals surface area contributed by atoms with Gasteiger partial charge < -0.3 is 14.8 Å². The zero-order valence-corrected chi connectivity index (χ0v) is 20.4. The molecule has 1 aliphatic heterocycles. The molecule has 0 spiro atoms. The molecule has 11 nitrogen and oxygen atoms in total. The molecule has 37 heavy (non-hydrogen) atoms. The van der Waals surface area contributed by atoms with E-state index in [-0.39, 0.29) is 29.1 Å². The summed E-state index contributed by atoms with van der Waals surface area (Å²) in [7, 11) is 1.22. The van der Waals surface area contributed by atoms with E-state index in [1.807, 2.05) is 0 Å². The van der Waals surface area contributed by atoms with Gasteiger partial charge in [-0.05, 0) is 43.5 Å². The number of nitro groups is 2. The van der Waals surface area contributed by atoms with Gasteiger partial charge >= 0.3 is 11.9 Å². The smallest absolute Gasteiger partial charge is 0.336 e. The number of methoxy groups -OCH3 is 1. The van der Waals surface area contributed by atoms with Crippen molar-refractivity contribution < 1.29 is 28.9 Å². The number of ether oxygens (including phenoxy) is 2. The molecule has 1 N–H and O–H groups in total. The summed E-state index contributed by atoms with van der Waals surface area (Å²) in [6.07, 6.45) is 3.87. The number of nitro benzene ring substituents is 2. The van der Waals surface area contributed by atoms with E-state index in [1.54, 1.807) is 44.2 Å². The largest absolute Gasteiger partial charge is 0.466 e. The van der Waals surface area contributed by atoms with Gasteiger partial charge in [0.1, 0.15) is 0 Å². The molecule has 1 heterocycles. The van der Waals surface area contributed by atoms with Crippen molar-refractivity contribution in [2.24, 2.45) is 0 Å². The van der Waals surface area contributed by atoms with E-state index in [1.165, 1.54) is 37.4 Å². The third-order valence-corrected chi connectivity index (χ3v) is 5.73. The first-order chi connectivity index (χ1) is 17.6. The van der Waals surface area contributed by atoms with Gasteiger partial charge in [-0.3, -0.25) is 20.2 Å². The van der Waals surface area contributed by atoms with Crippen molar-refractivity contribution in [1.82, 2.24) is 5.32 Å². The minimum absolute atomic E-state index is 0.00951. The fraction of sp³-hybridized carbons (Fsp3) is 0.231. The van der Waals surface area contributed by atoms with Crippen molar-refractivity contribution in [3.05, 3.63) is 109 Å². The molecule has 11 heteroatoms. The quantitative estimate of drug-likeness (QED) is 0.223. The monoisotopic (exact) mass is 507 g/mol. The van der Waals surface area contributed by atoms with Gasteiger partial charge in [-0.1, -0.05) is 24.3 Å². The second-order valence-corrected chi connectivity index (χ2v) is 8.15. The molecule has 0 radical (unpaired) electrons. The molecule has 1 unspecified atom stereocenters. The molecule has 0 saturated carbocycles. The summed E-state index contributed by atoms with van der Waals surface area (Å²) in [6.45, 7) is 3.34. The Morgan fingerprint density at radius 2 is 1.57 bits per heavy atom. The van der Waals surface area contributed by atoms with Gasteiger partial charge in [0.15, 0.2) is 0 Å². The Morgan fingerprint density at radius 3 is 2.16 bits per heavy atom. The van der Waals surface area contributed by atoms with Crippen LogP contribution in [0.15, 0.2) is 77.1 Å². The second-order valence-electron chi connectivity index (χ2n) is 8.15. The Hall–Kier alpha value is -4.80. The molecule has 0 aromatic heterocycles. The van der Waals surface area contributed by atoms with Crippen LogP contribution in [0.1, 0.15) is 37.3 Å². The normalized spacial score (nSPS) is 15.4. The number of non-ortho nitro benzene ring substituents is 2. The third-order valence-electron chi connectivity index (χ3n) is 5.73. The third kappa shape index (κ3) is 6.26. The van der Waals surface area contributed by atoms with E-state index >= 15 is 0 Å². The summed E-state index contributed by atoms with van der Waals surface area (Å²) in [5.74, 6) is -2.29. The number of hydrogen-bond donors (Lipinski definition) is 1. The summed E-state index contributed by atoms with van der Waals surface area (Å²) in [4.78, 5) is 46.9. The molecular weight excluding hydrogens is 482 g/mol. The SMILES string of the molecule is COC(=O)C1=C(C)NC(C)=C(C(=O)OCC/C=C/c2ccc([N+](=O)[O-])cc2)C1c1cccc([N+](=O)[O-])c1. The maximum atomic E-state index is 13.2. The van der Waals surface area contributed by atoms with Crippen molar-refractivity contribution >= 4 is 29.4 Å². The number of esters is 2. The average molecular weight is 507 g/mol. The highest BCUT2D eigenvalue weighted by Crippen LogP contribution is 2.40. The zero-order chi connectivity index (χ0) is 27.1. The molecule has 1 atom stereocenters. The Labute approximate surface area is 212 Å². The fourth-order valence-electron chi connectivity index (χ4n) is 4.02. The lowest BCUT2D eigenvalue weighted by Gasteiger charge is -2.30. The van der Waals surface area contributed by atoms with E-state index in [0.29, 0.717) is 23.4 Å². The van der Waals surface area contributed by atoms with Gasteiger partial charge in [0.2, 0.25) is 0 Å². The lowest BCUT2D eigenvalue weighted by Crippen LogP contribution is -2.32. The Kier molecular flexibility index (Phi) is 8.51. The predicted molar refractivity (Wildman–Crippen MR) is 134 cm³/mol. The van der Waals surface area contributed by atoms with Crippen LogP contribution in [0.2, 0.25) is 0 Å². The van der Waals surface area contributed by atoms with Gasteiger partial charge in [0, 0.05) is 35.7 Å². The predicted octanol–water partition coefficient (Wildman–Crippen LogP) is 4.56. The van der Waals surface area contributed by atoms with Crippen molar-refractivity contribution in [3.63, 3.8) is 0 Å². The Balaban J connectivity index is 1.80. The number of hydrogen-bond acceptors (Lipinski definition) is 9. The lowest BCUT2D eigenvalue weighted by molar-refractivity contribution is -0.385. The Morgan fingerprint density at radius 1 is 0.946 bits per heavy atom. The summed E-state index contributed by atoms with van der Waals surface area (Å²) in [5.41, 5.74) is 2.14. The van der Waals surface area contributed by atoms with Gasteiger partial charge in [-0.15, -0.1) is 0 Å². The fourth-order valence-corrected chi connectivity index (χ4v) is 4.02. The van der Waals surface area contributed by atoms with Crippen molar-refractivity contribution in [2.75, 3.05) is 13.7 Å². The first-order valence-electron chi connectivity index (χ1n) is 11.2.